The van der Waals surface area contributed by atoms with E-state index in [0.717, 1.165) is 11.4 Å². The van der Waals surface area contributed by atoms with Gasteiger partial charge >= 0.3 is 0 Å². The minimum Gasteiger partial charge on any atom is -0.395 e. The van der Waals surface area contributed by atoms with Crippen LogP contribution in [-0.2, 0) is 9.59 Å². The van der Waals surface area contributed by atoms with Crippen molar-refractivity contribution in [1.82, 2.24) is 0 Å². The number of rotatable bonds is 5. The van der Waals surface area contributed by atoms with E-state index in [1.165, 1.54) is 0 Å². The van der Waals surface area contributed by atoms with Gasteiger partial charge in [-0.15, -0.1) is 0 Å². The van der Waals surface area contributed by atoms with E-state index < -0.39 is 0 Å². The molecule has 1 saturated carbocycles. The monoisotopic (exact) mass is 304 g/mol. The van der Waals surface area contributed by atoms with Crippen molar-refractivity contribution in [3.05, 3.63) is 24.3 Å². The van der Waals surface area contributed by atoms with E-state index in [4.69, 9.17) is 5.11 Å². The fraction of sp³-hybridized carbons (Fsp3) is 0.529. The van der Waals surface area contributed by atoms with Crippen LogP contribution in [0.1, 0.15) is 26.2 Å². The number of carbonyl (C=O) groups excluding carboxylic acids is 2. The van der Waals surface area contributed by atoms with Crippen molar-refractivity contribution >= 4 is 23.1 Å². The fourth-order valence-corrected chi connectivity index (χ4v) is 2.91. The maximum absolute atomic E-state index is 12.3. The number of benzene rings is 1. The molecule has 0 spiro atoms. The van der Waals surface area contributed by atoms with Gasteiger partial charge < -0.3 is 15.3 Å². The van der Waals surface area contributed by atoms with Crippen LogP contribution in [0.2, 0.25) is 0 Å². The third kappa shape index (κ3) is 4.07. The van der Waals surface area contributed by atoms with Gasteiger partial charge in [-0.05, 0) is 36.6 Å². The molecule has 2 atom stereocenters. The number of ketones is 1. The summed E-state index contributed by atoms with van der Waals surface area (Å²) in [6.07, 6.45) is 1.65. The number of hydrogen-bond acceptors (Lipinski definition) is 4. The maximum Gasteiger partial charge on any atom is 0.227 e. The molecule has 0 aliphatic heterocycles. The Hall–Kier alpha value is -1.88. The number of likely N-dealkylation sites (N-methyl/N-ethyl adjacent to an activating group) is 1. The first-order valence-corrected chi connectivity index (χ1v) is 7.76. The Bertz CT molecular complexity index is 527. The second kappa shape index (κ2) is 7.40. The minimum absolute atomic E-state index is 0.00328. The Labute approximate surface area is 131 Å². The lowest BCUT2D eigenvalue weighted by Gasteiger charge is -2.27. The summed E-state index contributed by atoms with van der Waals surface area (Å²) in [4.78, 5) is 25.7. The molecule has 2 rings (SSSR count). The standard InChI is InChI=1S/C17H24N2O3/c1-12-11-15(21)7-8-16(12)17(22)18-13-3-5-14(6-4-13)19(2)9-10-20/h3-6,12,16,20H,7-11H2,1-2H3,(H,18,22). The predicted octanol–water partition coefficient (Wildman–Crippen LogP) is 2.06. The third-order valence-corrected chi connectivity index (χ3v) is 4.32. The highest BCUT2D eigenvalue weighted by Crippen LogP contribution is 2.29. The van der Waals surface area contributed by atoms with Gasteiger partial charge in [0.2, 0.25) is 5.91 Å². The number of aliphatic hydroxyl groups excluding tert-OH is 1. The molecule has 1 aliphatic carbocycles. The lowest BCUT2D eigenvalue weighted by molar-refractivity contribution is -0.127. The zero-order valence-corrected chi connectivity index (χ0v) is 13.2. The van der Waals surface area contributed by atoms with Crippen molar-refractivity contribution in [3.8, 4) is 0 Å². The fourth-order valence-electron chi connectivity index (χ4n) is 2.91. The quantitative estimate of drug-likeness (QED) is 0.873. The summed E-state index contributed by atoms with van der Waals surface area (Å²) in [6, 6.07) is 7.55. The van der Waals surface area contributed by atoms with Crippen molar-refractivity contribution in [2.75, 3.05) is 30.4 Å². The molecule has 22 heavy (non-hydrogen) atoms. The zero-order valence-electron chi connectivity index (χ0n) is 13.2. The number of nitrogens with one attached hydrogen (secondary N) is 1. The van der Waals surface area contributed by atoms with Crippen LogP contribution >= 0.6 is 0 Å². The minimum atomic E-state index is -0.0885. The van der Waals surface area contributed by atoms with E-state index in [9.17, 15) is 9.59 Å². The Balaban J connectivity index is 1.95. The topological polar surface area (TPSA) is 69.6 Å². The molecule has 1 aliphatic rings. The molecule has 5 heteroatoms. The predicted molar refractivity (Wildman–Crippen MR) is 86.9 cm³/mol. The lowest BCUT2D eigenvalue weighted by Crippen LogP contribution is -2.33. The van der Waals surface area contributed by atoms with E-state index >= 15 is 0 Å². The summed E-state index contributed by atoms with van der Waals surface area (Å²) < 4.78 is 0. The Morgan fingerprint density at radius 1 is 1.36 bits per heavy atom. The van der Waals surface area contributed by atoms with E-state index in [0.29, 0.717) is 25.8 Å². The first-order chi connectivity index (χ1) is 10.5. The molecule has 0 heterocycles. The molecule has 1 aromatic carbocycles. The van der Waals surface area contributed by atoms with Gasteiger partial charge in [-0.2, -0.15) is 0 Å². The van der Waals surface area contributed by atoms with Crippen LogP contribution in [0.3, 0.4) is 0 Å². The average molecular weight is 304 g/mol. The normalized spacial score (nSPS) is 21.5. The molecular weight excluding hydrogens is 280 g/mol. The summed E-state index contributed by atoms with van der Waals surface area (Å²) in [7, 11) is 1.91. The van der Waals surface area contributed by atoms with Gasteiger partial charge in [0.15, 0.2) is 0 Å². The van der Waals surface area contributed by atoms with Gasteiger partial charge in [0, 0.05) is 43.7 Å². The zero-order chi connectivity index (χ0) is 16.1. The molecule has 1 aromatic rings. The summed E-state index contributed by atoms with van der Waals surface area (Å²) >= 11 is 0. The van der Waals surface area contributed by atoms with Gasteiger partial charge in [-0.1, -0.05) is 6.92 Å². The van der Waals surface area contributed by atoms with E-state index in [-0.39, 0.29) is 30.1 Å². The maximum atomic E-state index is 12.3. The summed E-state index contributed by atoms with van der Waals surface area (Å²) in [5, 5.41) is 11.9. The van der Waals surface area contributed by atoms with Crippen LogP contribution in [0.5, 0.6) is 0 Å². The molecule has 0 bridgehead atoms. The van der Waals surface area contributed by atoms with Crippen molar-refractivity contribution in [1.29, 1.82) is 0 Å². The van der Waals surface area contributed by atoms with Crippen LogP contribution < -0.4 is 10.2 Å². The molecule has 2 N–H and O–H groups in total. The van der Waals surface area contributed by atoms with Crippen molar-refractivity contribution < 1.29 is 14.7 Å². The van der Waals surface area contributed by atoms with Crippen molar-refractivity contribution in [2.24, 2.45) is 11.8 Å². The first-order valence-electron chi connectivity index (χ1n) is 7.76. The second-order valence-electron chi connectivity index (χ2n) is 6.05. The molecule has 0 saturated heterocycles. The molecule has 1 fully saturated rings. The van der Waals surface area contributed by atoms with Gasteiger partial charge in [0.1, 0.15) is 5.78 Å². The number of carbonyl (C=O) groups is 2. The smallest absolute Gasteiger partial charge is 0.227 e. The Morgan fingerprint density at radius 2 is 2.05 bits per heavy atom. The highest BCUT2D eigenvalue weighted by Gasteiger charge is 2.31. The highest BCUT2D eigenvalue weighted by atomic mass is 16.3. The number of aliphatic hydroxyl groups is 1. The lowest BCUT2D eigenvalue weighted by atomic mass is 9.79. The molecule has 5 nitrogen and oxygen atoms in total. The molecule has 0 aromatic heterocycles. The summed E-state index contributed by atoms with van der Waals surface area (Å²) in [6.45, 7) is 2.64. The third-order valence-electron chi connectivity index (χ3n) is 4.32. The molecule has 120 valence electrons. The average Bonchev–Trinajstić information content (AvgIpc) is 2.48. The van der Waals surface area contributed by atoms with E-state index in [1.54, 1.807) is 0 Å². The number of anilines is 2. The number of Topliss-reactive ketones (excluding diaryl/α,β-unsaturated/α-hetero) is 1. The molecular formula is C17H24N2O3. The molecule has 2 unspecified atom stereocenters. The second-order valence-corrected chi connectivity index (χ2v) is 6.05. The summed E-state index contributed by atoms with van der Waals surface area (Å²) in [5.41, 5.74) is 1.75. The molecule has 0 radical (unpaired) electrons. The van der Waals surface area contributed by atoms with Crippen molar-refractivity contribution in [3.63, 3.8) is 0 Å². The number of amides is 1. The molecule has 1 amide bonds. The Morgan fingerprint density at radius 3 is 2.64 bits per heavy atom. The van der Waals surface area contributed by atoms with Crippen LogP contribution in [0, 0.1) is 11.8 Å². The van der Waals surface area contributed by atoms with Crippen LogP contribution in [0.4, 0.5) is 11.4 Å². The van der Waals surface area contributed by atoms with Gasteiger partial charge in [0.25, 0.3) is 0 Å². The number of nitrogens with zero attached hydrogens (tertiary/aromatic N) is 1. The van der Waals surface area contributed by atoms with Crippen LogP contribution in [-0.4, -0.2) is 37.0 Å². The van der Waals surface area contributed by atoms with Crippen LogP contribution in [0.15, 0.2) is 24.3 Å². The van der Waals surface area contributed by atoms with E-state index in [1.807, 2.05) is 43.1 Å². The van der Waals surface area contributed by atoms with E-state index in [2.05, 4.69) is 5.32 Å². The highest BCUT2D eigenvalue weighted by molar-refractivity contribution is 5.94. The van der Waals surface area contributed by atoms with Gasteiger partial charge in [0.05, 0.1) is 6.61 Å². The van der Waals surface area contributed by atoms with Gasteiger partial charge in [-0.25, -0.2) is 0 Å². The number of hydrogen-bond donors (Lipinski definition) is 2. The SMILES string of the molecule is CC1CC(=O)CCC1C(=O)Nc1ccc(N(C)CCO)cc1. The van der Waals surface area contributed by atoms with Crippen LogP contribution in [0.25, 0.3) is 0 Å². The summed E-state index contributed by atoms with van der Waals surface area (Å²) in [5.74, 6) is 0.273. The first kappa shape index (κ1) is 16.5. The largest absolute Gasteiger partial charge is 0.395 e. The van der Waals surface area contributed by atoms with Gasteiger partial charge in [-0.3, -0.25) is 9.59 Å². The Kier molecular flexibility index (Phi) is 5.55. The van der Waals surface area contributed by atoms with Crippen molar-refractivity contribution in [2.45, 2.75) is 26.2 Å².